The van der Waals surface area contributed by atoms with Gasteiger partial charge in [-0.05, 0) is 12.1 Å². The predicted molar refractivity (Wildman–Crippen MR) is 25.3 cm³/mol. The van der Waals surface area contributed by atoms with Crippen LogP contribution in [0.5, 0.6) is 0 Å². The van der Waals surface area contributed by atoms with E-state index < -0.39 is 0 Å². The summed E-state index contributed by atoms with van der Waals surface area (Å²) in [6.07, 6.45) is 3.50. The highest BCUT2D eigenvalue weighted by Crippen LogP contribution is 1.73. The molecule has 0 unspecified atom stereocenters. The molecule has 7 heavy (non-hydrogen) atoms. The molecule has 0 amide bonds. The second kappa shape index (κ2) is 3.81. The van der Waals surface area contributed by atoms with Gasteiger partial charge in [0, 0.05) is 12.4 Å². The van der Waals surface area contributed by atoms with Gasteiger partial charge in [-0.1, -0.05) is 6.07 Å². The van der Waals surface area contributed by atoms with Gasteiger partial charge in [0.1, 0.15) is 0 Å². The monoisotopic (exact) mass is 159 g/mol. The van der Waals surface area contributed by atoms with Crippen LogP contribution in [-0.2, 0) is 0 Å². The van der Waals surface area contributed by atoms with E-state index in [-0.39, 0.29) is 18.4 Å². The molecule has 0 bridgehead atoms. The minimum atomic E-state index is 0. The summed E-state index contributed by atoms with van der Waals surface area (Å²) in [5.74, 6) is 0. The Hall–Kier alpha value is -0.370. The number of rotatable bonds is 0. The number of nitrogens with zero attached hydrogens (tertiary/aromatic N) is 1. The number of hydrogen-bond acceptors (Lipinski definition) is 1. The van der Waals surface area contributed by atoms with Crippen molar-refractivity contribution in [1.29, 1.82) is 0 Å². The Kier molecular flexibility index (Phi) is 3.61. The first-order chi connectivity index (χ1) is 3.00. The average molecular weight is 160 g/mol. The second-order valence-electron chi connectivity index (χ2n) is 1.02. The highest BCUT2D eigenvalue weighted by molar-refractivity contribution is 4.88. The van der Waals surface area contributed by atoms with E-state index in [1.165, 1.54) is 0 Å². The molecule has 0 atom stereocenters. The van der Waals surface area contributed by atoms with Crippen molar-refractivity contribution in [3.63, 3.8) is 0 Å². The van der Waals surface area contributed by atoms with Gasteiger partial charge in [-0.25, -0.2) is 0 Å². The molecule has 1 heterocycles. The standard InChI is InChI=1S/C5H5N.BrH/c1-2-4-6-5-3-1;/h1-5H;1H. The molecule has 0 aliphatic rings. The van der Waals surface area contributed by atoms with Crippen molar-refractivity contribution in [2.24, 2.45) is 0 Å². The lowest BCUT2D eigenvalue weighted by atomic mass is 10.5. The number of aromatic nitrogens is 1. The van der Waals surface area contributed by atoms with Crippen molar-refractivity contribution in [1.82, 2.24) is 4.98 Å². The molecule has 0 N–H and O–H groups in total. The maximum Gasteiger partial charge on any atom is 1.00 e. The lowest BCUT2D eigenvalue weighted by Gasteiger charge is -1.70. The van der Waals surface area contributed by atoms with Gasteiger partial charge in [0.2, 0.25) is 0 Å². The zero-order valence-electron chi connectivity index (χ0n) is 4.71. The normalized spacial score (nSPS) is 6.86. The Labute approximate surface area is 54.6 Å². The molecule has 2 heteroatoms. The van der Waals surface area contributed by atoms with Gasteiger partial charge in [0.15, 0.2) is 0 Å². The number of halogens is 1. The largest absolute Gasteiger partial charge is 1.00 e. The summed E-state index contributed by atoms with van der Waals surface area (Å²) in [7, 11) is 0. The number of pyridine rings is 1. The summed E-state index contributed by atoms with van der Waals surface area (Å²) in [5, 5.41) is 0. The predicted octanol–water partition coefficient (Wildman–Crippen LogP) is -1.80. The SMILES string of the molecule is [Br-].[H+].c1ccncc1. The molecule has 0 aliphatic carbocycles. The fourth-order valence-corrected chi connectivity index (χ4v) is 0.313. The fourth-order valence-electron chi connectivity index (χ4n) is 0.313. The maximum atomic E-state index is 3.78. The summed E-state index contributed by atoms with van der Waals surface area (Å²) in [6, 6.07) is 5.72. The molecule has 38 valence electrons. The van der Waals surface area contributed by atoms with Crippen molar-refractivity contribution in [3.05, 3.63) is 30.6 Å². The van der Waals surface area contributed by atoms with Crippen LogP contribution in [0.1, 0.15) is 1.43 Å². The van der Waals surface area contributed by atoms with Crippen molar-refractivity contribution < 1.29 is 18.4 Å². The first-order valence-electron chi connectivity index (χ1n) is 1.85. The topological polar surface area (TPSA) is 12.9 Å². The smallest absolute Gasteiger partial charge is 1.00 e. The van der Waals surface area contributed by atoms with E-state index in [1.54, 1.807) is 12.4 Å². The van der Waals surface area contributed by atoms with Crippen molar-refractivity contribution >= 4 is 0 Å². The molecule has 1 aromatic rings. The lowest BCUT2D eigenvalue weighted by Crippen LogP contribution is -3.00. The average Bonchev–Trinajstić information content (AvgIpc) is 1.72. The Morgan fingerprint density at radius 1 is 1.00 bits per heavy atom. The molecule has 0 spiro atoms. The van der Waals surface area contributed by atoms with Crippen molar-refractivity contribution in [3.8, 4) is 0 Å². The Morgan fingerprint density at radius 2 is 1.57 bits per heavy atom. The summed E-state index contributed by atoms with van der Waals surface area (Å²) in [6.45, 7) is 0. The highest BCUT2D eigenvalue weighted by Gasteiger charge is 1.58. The van der Waals surface area contributed by atoms with Gasteiger partial charge < -0.3 is 17.0 Å². The molecule has 0 saturated heterocycles. The summed E-state index contributed by atoms with van der Waals surface area (Å²) in [5.41, 5.74) is 0. The van der Waals surface area contributed by atoms with Crippen molar-refractivity contribution in [2.75, 3.05) is 0 Å². The van der Waals surface area contributed by atoms with Crippen LogP contribution < -0.4 is 17.0 Å². The first-order valence-corrected chi connectivity index (χ1v) is 1.85. The zero-order valence-corrected chi connectivity index (χ0v) is 5.30. The first kappa shape index (κ1) is 6.63. The van der Waals surface area contributed by atoms with Crippen LogP contribution in [0.15, 0.2) is 30.6 Å². The van der Waals surface area contributed by atoms with E-state index in [2.05, 4.69) is 4.98 Å². The van der Waals surface area contributed by atoms with Crippen LogP contribution in [0.4, 0.5) is 0 Å². The molecule has 0 radical (unpaired) electrons. The van der Waals surface area contributed by atoms with E-state index in [0.29, 0.717) is 0 Å². The molecular formula is C5H6BrN. The highest BCUT2D eigenvalue weighted by atomic mass is 79.9. The van der Waals surface area contributed by atoms with E-state index in [9.17, 15) is 0 Å². The molecule has 0 aromatic carbocycles. The van der Waals surface area contributed by atoms with Gasteiger partial charge in [-0.15, -0.1) is 0 Å². The van der Waals surface area contributed by atoms with E-state index in [4.69, 9.17) is 0 Å². The molecule has 1 nitrogen and oxygen atoms in total. The third-order valence-electron chi connectivity index (χ3n) is 0.566. The van der Waals surface area contributed by atoms with E-state index >= 15 is 0 Å². The van der Waals surface area contributed by atoms with E-state index in [0.717, 1.165) is 0 Å². The van der Waals surface area contributed by atoms with Crippen LogP contribution in [0.2, 0.25) is 0 Å². The number of hydrogen-bond donors (Lipinski definition) is 0. The van der Waals surface area contributed by atoms with Crippen LogP contribution in [-0.4, -0.2) is 4.98 Å². The van der Waals surface area contributed by atoms with Crippen LogP contribution >= 0.6 is 0 Å². The summed E-state index contributed by atoms with van der Waals surface area (Å²) in [4.78, 5) is 3.78. The van der Waals surface area contributed by atoms with Gasteiger partial charge in [0.25, 0.3) is 0 Å². The minimum absolute atomic E-state index is 0. The molecular weight excluding hydrogens is 154 g/mol. The third-order valence-corrected chi connectivity index (χ3v) is 0.566. The Balaban J connectivity index is 0. The maximum absolute atomic E-state index is 3.78. The molecule has 1 aromatic heterocycles. The van der Waals surface area contributed by atoms with Gasteiger partial charge in [0.05, 0.1) is 0 Å². The van der Waals surface area contributed by atoms with Crippen molar-refractivity contribution in [2.45, 2.75) is 0 Å². The molecule has 0 aliphatic heterocycles. The van der Waals surface area contributed by atoms with Crippen LogP contribution in [0, 0.1) is 0 Å². The van der Waals surface area contributed by atoms with Crippen LogP contribution in [0.25, 0.3) is 0 Å². The zero-order chi connectivity index (χ0) is 4.24. The Morgan fingerprint density at radius 3 is 1.71 bits per heavy atom. The summed E-state index contributed by atoms with van der Waals surface area (Å²) >= 11 is 0. The molecule has 0 fully saturated rings. The second-order valence-corrected chi connectivity index (χ2v) is 1.02. The van der Waals surface area contributed by atoms with Crippen LogP contribution in [0.3, 0.4) is 0 Å². The van der Waals surface area contributed by atoms with E-state index in [1.807, 2.05) is 18.2 Å². The lowest BCUT2D eigenvalue weighted by molar-refractivity contribution is -0.00000128. The fraction of sp³-hybridized carbons (Fsp3) is 0. The summed E-state index contributed by atoms with van der Waals surface area (Å²) < 4.78 is 0. The van der Waals surface area contributed by atoms with Gasteiger partial charge >= 0.3 is 1.43 Å². The van der Waals surface area contributed by atoms with Gasteiger partial charge in [-0.3, -0.25) is 4.98 Å². The quantitative estimate of drug-likeness (QED) is 0.436. The third kappa shape index (κ3) is 2.34. The minimum Gasteiger partial charge on any atom is -1.00 e. The molecule has 0 saturated carbocycles. The van der Waals surface area contributed by atoms with Gasteiger partial charge in [-0.2, -0.15) is 0 Å². The Bertz CT molecular complexity index is 84.4. The molecule has 1 rings (SSSR count).